The lowest BCUT2D eigenvalue weighted by atomic mass is 10.2. The van der Waals surface area contributed by atoms with Crippen LogP contribution in [0.4, 0.5) is 0 Å². The topological polar surface area (TPSA) is 59.3 Å². The summed E-state index contributed by atoms with van der Waals surface area (Å²) in [6.45, 7) is 1.99. The van der Waals surface area contributed by atoms with Crippen LogP contribution < -0.4 is 4.74 Å². The van der Waals surface area contributed by atoms with Gasteiger partial charge in [0.25, 0.3) is 0 Å². The molecular formula is C12H13NO3. The smallest absolute Gasteiger partial charge is 0.311 e. The molecule has 1 unspecified atom stereocenters. The maximum atomic E-state index is 11.1. The summed E-state index contributed by atoms with van der Waals surface area (Å²) in [7, 11) is 1.35. The summed E-state index contributed by atoms with van der Waals surface area (Å²) >= 11 is 0. The van der Waals surface area contributed by atoms with E-state index in [1.165, 1.54) is 7.11 Å². The predicted octanol–water partition coefficient (Wildman–Crippen LogP) is 1.75. The third-order valence-corrected chi connectivity index (χ3v) is 2.09. The zero-order valence-electron chi connectivity index (χ0n) is 9.27. The summed E-state index contributed by atoms with van der Waals surface area (Å²) in [6, 6.07) is 8.74. The molecule has 0 radical (unpaired) electrons. The minimum absolute atomic E-state index is 0.262. The van der Waals surface area contributed by atoms with Crippen LogP contribution in [0.25, 0.3) is 0 Å². The van der Waals surface area contributed by atoms with E-state index in [4.69, 9.17) is 10.00 Å². The molecule has 4 nitrogen and oxygen atoms in total. The maximum absolute atomic E-state index is 11.1. The van der Waals surface area contributed by atoms with Gasteiger partial charge in [0.05, 0.1) is 24.7 Å². The van der Waals surface area contributed by atoms with Crippen molar-refractivity contribution in [1.82, 2.24) is 0 Å². The fraction of sp³-hybridized carbons (Fsp3) is 0.333. The van der Waals surface area contributed by atoms with Gasteiger partial charge in [-0.2, -0.15) is 5.26 Å². The first-order chi connectivity index (χ1) is 7.67. The van der Waals surface area contributed by atoms with Crippen LogP contribution in [-0.4, -0.2) is 19.7 Å². The average molecular weight is 219 g/mol. The summed E-state index contributed by atoms with van der Waals surface area (Å²) in [5.74, 6) is 0.0315. The Morgan fingerprint density at radius 2 is 2.06 bits per heavy atom. The Morgan fingerprint density at radius 3 is 2.56 bits per heavy atom. The van der Waals surface area contributed by atoms with Crippen molar-refractivity contribution >= 4 is 5.97 Å². The van der Waals surface area contributed by atoms with Crippen molar-refractivity contribution in [2.45, 2.75) is 6.92 Å². The highest BCUT2D eigenvalue weighted by Gasteiger charge is 2.13. The fourth-order valence-corrected chi connectivity index (χ4v) is 1.12. The zero-order chi connectivity index (χ0) is 12.0. The molecule has 0 spiro atoms. The second-order valence-corrected chi connectivity index (χ2v) is 3.37. The summed E-state index contributed by atoms with van der Waals surface area (Å²) in [6.07, 6.45) is 0. The summed E-state index contributed by atoms with van der Waals surface area (Å²) in [4.78, 5) is 11.1. The van der Waals surface area contributed by atoms with Gasteiger partial charge in [-0.15, -0.1) is 0 Å². The van der Waals surface area contributed by atoms with Crippen molar-refractivity contribution in [3.8, 4) is 11.8 Å². The quantitative estimate of drug-likeness (QED) is 0.724. The lowest BCUT2D eigenvalue weighted by molar-refractivity contribution is -0.145. The Bertz CT molecular complexity index is 392. The molecule has 84 valence electrons. The van der Waals surface area contributed by atoms with Crippen LogP contribution in [0.2, 0.25) is 0 Å². The molecule has 1 rings (SSSR count). The van der Waals surface area contributed by atoms with Crippen molar-refractivity contribution in [2.24, 2.45) is 5.92 Å². The highest BCUT2D eigenvalue weighted by molar-refractivity contribution is 5.71. The van der Waals surface area contributed by atoms with E-state index in [1.807, 2.05) is 6.07 Å². The lowest BCUT2D eigenvalue weighted by Crippen LogP contribution is -2.19. The van der Waals surface area contributed by atoms with Gasteiger partial charge in [0.2, 0.25) is 0 Å². The van der Waals surface area contributed by atoms with Crippen LogP contribution in [0.15, 0.2) is 24.3 Å². The molecular weight excluding hydrogens is 206 g/mol. The summed E-state index contributed by atoms with van der Waals surface area (Å²) in [5, 5.41) is 8.60. The van der Waals surface area contributed by atoms with E-state index < -0.39 is 0 Å². The molecule has 0 saturated carbocycles. The Kier molecular flexibility index (Phi) is 4.34. The van der Waals surface area contributed by atoms with Crippen molar-refractivity contribution in [3.63, 3.8) is 0 Å². The molecule has 1 atom stereocenters. The molecule has 1 aromatic rings. The predicted molar refractivity (Wildman–Crippen MR) is 57.8 cm³/mol. The van der Waals surface area contributed by atoms with Gasteiger partial charge in [-0.1, -0.05) is 0 Å². The first kappa shape index (κ1) is 12.1. The Balaban J connectivity index is 2.49. The number of carbonyl (C=O) groups is 1. The van der Waals surface area contributed by atoms with Gasteiger partial charge in [-0.3, -0.25) is 4.79 Å². The first-order valence-electron chi connectivity index (χ1n) is 4.88. The van der Waals surface area contributed by atoms with Gasteiger partial charge < -0.3 is 9.47 Å². The van der Waals surface area contributed by atoms with Crippen molar-refractivity contribution in [2.75, 3.05) is 13.7 Å². The normalized spacial score (nSPS) is 11.3. The van der Waals surface area contributed by atoms with E-state index in [0.29, 0.717) is 11.3 Å². The first-order valence-corrected chi connectivity index (χ1v) is 4.88. The minimum Gasteiger partial charge on any atom is -0.493 e. The van der Waals surface area contributed by atoms with E-state index in [-0.39, 0.29) is 18.5 Å². The largest absolute Gasteiger partial charge is 0.493 e. The SMILES string of the molecule is COC(=O)C(C)COc1ccc(C#N)cc1. The summed E-state index contributed by atoms with van der Waals surface area (Å²) in [5.41, 5.74) is 0.577. The maximum Gasteiger partial charge on any atom is 0.311 e. The molecule has 4 heteroatoms. The fourth-order valence-electron chi connectivity index (χ4n) is 1.12. The van der Waals surface area contributed by atoms with Gasteiger partial charge in [0.1, 0.15) is 12.4 Å². The van der Waals surface area contributed by atoms with E-state index in [2.05, 4.69) is 4.74 Å². The number of nitrogens with zero attached hydrogens (tertiary/aromatic N) is 1. The van der Waals surface area contributed by atoms with Gasteiger partial charge in [-0.25, -0.2) is 0 Å². The number of rotatable bonds is 4. The number of carbonyl (C=O) groups excluding carboxylic acids is 1. The monoisotopic (exact) mass is 219 g/mol. The second-order valence-electron chi connectivity index (χ2n) is 3.37. The minimum atomic E-state index is -0.305. The van der Waals surface area contributed by atoms with Crippen molar-refractivity contribution < 1.29 is 14.3 Å². The van der Waals surface area contributed by atoms with Crippen LogP contribution in [0.3, 0.4) is 0 Å². The van der Waals surface area contributed by atoms with E-state index in [9.17, 15) is 4.79 Å². The Morgan fingerprint density at radius 1 is 1.44 bits per heavy atom. The molecule has 0 aliphatic rings. The third kappa shape index (κ3) is 3.28. The van der Waals surface area contributed by atoms with Crippen LogP contribution in [-0.2, 0) is 9.53 Å². The number of esters is 1. The van der Waals surface area contributed by atoms with E-state index in [0.717, 1.165) is 0 Å². The van der Waals surface area contributed by atoms with Crippen molar-refractivity contribution in [3.05, 3.63) is 29.8 Å². The highest BCUT2D eigenvalue weighted by atomic mass is 16.5. The molecule has 0 aliphatic carbocycles. The molecule has 1 aromatic carbocycles. The number of hydrogen-bond acceptors (Lipinski definition) is 4. The van der Waals surface area contributed by atoms with E-state index in [1.54, 1.807) is 31.2 Å². The lowest BCUT2D eigenvalue weighted by Gasteiger charge is -2.10. The highest BCUT2D eigenvalue weighted by Crippen LogP contribution is 2.12. The number of ether oxygens (including phenoxy) is 2. The molecule has 0 fully saturated rings. The standard InChI is InChI=1S/C12H13NO3/c1-9(12(14)15-2)8-16-11-5-3-10(7-13)4-6-11/h3-6,9H,8H2,1-2H3. The number of methoxy groups -OCH3 is 1. The van der Waals surface area contributed by atoms with Crippen LogP contribution in [0, 0.1) is 17.2 Å². The Hall–Kier alpha value is -2.02. The summed E-state index contributed by atoms with van der Waals surface area (Å²) < 4.78 is 9.95. The van der Waals surface area contributed by atoms with Crippen LogP contribution in [0.5, 0.6) is 5.75 Å². The zero-order valence-corrected chi connectivity index (χ0v) is 9.27. The molecule has 0 bridgehead atoms. The molecule has 0 heterocycles. The van der Waals surface area contributed by atoms with Gasteiger partial charge in [-0.05, 0) is 31.2 Å². The molecule has 0 aromatic heterocycles. The van der Waals surface area contributed by atoms with E-state index >= 15 is 0 Å². The number of benzene rings is 1. The number of hydrogen-bond donors (Lipinski definition) is 0. The van der Waals surface area contributed by atoms with Crippen LogP contribution >= 0.6 is 0 Å². The molecule has 0 aliphatic heterocycles. The third-order valence-electron chi connectivity index (χ3n) is 2.09. The van der Waals surface area contributed by atoms with Gasteiger partial charge >= 0.3 is 5.97 Å². The molecule has 16 heavy (non-hydrogen) atoms. The average Bonchev–Trinajstić information content (AvgIpc) is 2.35. The molecule has 0 N–H and O–H groups in total. The Labute approximate surface area is 94.4 Å². The second kappa shape index (κ2) is 5.76. The van der Waals surface area contributed by atoms with Gasteiger partial charge in [0, 0.05) is 0 Å². The number of nitriles is 1. The van der Waals surface area contributed by atoms with Gasteiger partial charge in [0.15, 0.2) is 0 Å². The van der Waals surface area contributed by atoms with Crippen molar-refractivity contribution in [1.29, 1.82) is 5.26 Å². The molecule has 0 amide bonds. The molecule has 0 saturated heterocycles. The van der Waals surface area contributed by atoms with Crippen LogP contribution in [0.1, 0.15) is 12.5 Å².